The number of benzene rings is 1. The zero-order chi connectivity index (χ0) is 20.8. The third-order valence-corrected chi connectivity index (χ3v) is 6.05. The summed E-state index contributed by atoms with van der Waals surface area (Å²) in [6.07, 6.45) is 4.05. The molecule has 4 amide bonds. The molecule has 3 N–H and O–H groups in total. The largest absolute Gasteiger partial charge is 0.368 e. The number of fused-ring (bicyclic) bond motifs is 1. The van der Waals surface area contributed by atoms with Crippen molar-refractivity contribution in [1.82, 2.24) is 15.1 Å². The average molecular weight is 399 g/mol. The number of primary amides is 1. The van der Waals surface area contributed by atoms with Crippen LogP contribution in [0.4, 0.5) is 4.79 Å². The third kappa shape index (κ3) is 5.16. The van der Waals surface area contributed by atoms with E-state index in [0.717, 1.165) is 18.4 Å². The number of piperidine rings is 1. The predicted octanol–water partition coefficient (Wildman–Crippen LogP) is 1.54. The van der Waals surface area contributed by atoms with Gasteiger partial charge in [0.05, 0.1) is 0 Å². The van der Waals surface area contributed by atoms with Gasteiger partial charge in [0.1, 0.15) is 6.04 Å². The number of nitrogens with two attached hydrogens (primary N) is 1. The van der Waals surface area contributed by atoms with E-state index in [1.54, 1.807) is 11.0 Å². The van der Waals surface area contributed by atoms with Crippen molar-refractivity contribution in [3.63, 3.8) is 0 Å². The predicted molar refractivity (Wildman–Crippen MR) is 111 cm³/mol. The Balaban J connectivity index is 1.68. The Hall–Kier alpha value is -2.83. The highest BCUT2D eigenvalue weighted by Gasteiger charge is 2.39. The first-order valence-corrected chi connectivity index (χ1v) is 10.3. The lowest BCUT2D eigenvalue weighted by molar-refractivity contribution is -0.139. The first kappa shape index (κ1) is 20.9. The average Bonchev–Trinajstić information content (AvgIpc) is 2.88. The fraction of sp³-hybridized carbons (Fsp3) is 0.500. The van der Waals surface area contributed by atoms with Crippen LogP contribution in [0.3, 0.4) is 0 Å². The second-order valence-corrected chi connectivity index (χ2v) is 7.92. The number of nitrogens with zero attached hydrogens (tertiary/aromatic N) is 2. The lowest BCUT2D eigenvalue weighted by Crippen LogP contribution is -2.49. The fourth-order valence-electron chi connectivity index (χ4n) is 4.43. The molecule has 0 aliphatic carbocycles. The summed E-state index contributed by atoms with van der Waals surface area (Å²) in [7, 11) is 0. The van der Waals surface area contributed by atoms with Crippen LogP contribution in [-0.2, 0) is 16.0 Å². The molecule has 0 saturated carbocycles. The van der Waals surface area contributed by atoms with Crippen LogP contribution in [0.15, 0.2) is 43.0 Å². The summed E-state index contributed by atoms with van der Waals surface area (Å²) in [5.74, 6) is -0.00191. The first-order chi connectivity index (χ1) is 14.0. The van der Waals surface area contributed by atoms with E-state index in [9.17, 15) is 14.4 Å². The Morgan fingerprint density at radius 2 is 1.93 bits per heavy atom. The normalized spacial score (nSPS) is 23.0. The summed E-state index contributed by atoms with van der Waals surface area (Å²) in [4.78, 5) is 40.9. The summed E-state index contributed by atoms with van der Waals surface area (Å²) in [5.41, 5.74) is 6.66. The lowest BCUT2D eigenvalue weighted by atomic mass is 9.82. The molecule has 2 heterocycles. The highest BCUT2D eigenvalue weighted by molar-refractivity contribution is 5.87. The minimum absolute atomic E-state index is 0.0122. The highest BCUT2D eigenvalue weighted by Crippen LogP contribution is 2.33. The van der Waals surface area contributed by atoms with Gasteiger partial charge in [0.2, 0.25) is 11.8 Å². The molecular weight excluding hydrogens is 368 g/mol. The van der Waals surface area contributed by atoms with Gasteiger partial charge in [-0.25, -0.2) is 4.79 Å². The van der Waals surface area contributed by atoms with Crippen molar-refractivity contribution in [2.45, 2.75) is 31.7 Å². The van der Waals surface area contributed by atoms with Crippen molar-refractivity contribution < 1.29 is 14.4 Å². The number of urea groups is 1. The maximum atomic E-state index is 13.0. The lowest BCUT2D eigenvalue weighted by Gasteiger charge is -2.37. The monoisotopic (exact) mass is 398 g/mol. The SMILES string of the molecule is C=CCNC(=O)N1CCC2CC(=O)N(C(Cc3ccccc3)C(N)=O)CCC2C1. The van der Waals surface area contributed by atoms with E-state index in [1.807, 2.05) is 35.2 Å². The molecule has 2 aliphatic heterocycles. The Labute approximate surface area is 171 Å². The van der Waals surface area contributed by atoms with Gasteiger partial charge in [-0.05, 0) is 30.2 Å². The van der Waals surface area contributed by atoms with Crippen LogP contribution in [-0.4, -0.2) is 59.9 Å². The van der Waals surface area contributed by atoms with Crippen LogP contribution >= 0.6 is 0 Å². The molecule has 1 aromatic rings. The smallest absolute Gasteiger partial charge is 0.317 e. The summed E-state index contributed by atoms with van der Waals surface area (Å²) < 4.78 is 0. The topological polar surface area (TPSA) is 95.7 Å². The minimum Gasteiger partial charge on any atom is -0.368 e. The van der Waals surface area contributed by atoms with Crippen molar-refractivity contribution in [3.05, 3.63) is 48.6 Å². The Kier molecular flexibility index (Phi) is 6.90. The molecule has 29 heavy (non-hydrogen) atoms. The maximum absolute atomic E-state index is 13.0. The first-order valence-electron chi connectivity index (χ1n) is 10.3. The molecule has 3 rings (SSSR count). The molecule has 7 nitrogen and oxygen atoms in total. The third-order valence-electron chi connectivity index (χ3n) is 6.05. The molecule has 3 atom stereocenters. The minimum atomic E-state index is -0.642. The van der Waals surface area contributed by atoms with Gasteiger partial charge < -0.3 is 20.9 Å². The van der Waals surface area contributed by atoms with Crippen LogP contribution in [0.25, 0.3) is 0 Å². The standard InChI is InChI=1S/C22H30N4O3/c1-2-10-24-22(29)25-11-8-17-14-20(27)26(12-9-18(17)15-25)19(21(23)28)13-16-6-4-3-5-7-16/h2-7,17-19H,1,8-15H2,(H2,23,28)(H,24,29). The molecule has 0 bridgehead atoms. The van der Waals surface area contributed by atoms with E-state index >= 15 is 0 Å². The van der Waals surface area contributed by atoms with E-state index in [1.165, 1.54) is 0 Å². The van der Waals surface area contributed by atoms with Gasteiger partial charge in [0.15, 0.2) is 0 Å². The van der Waals surface area contributed by atoms with Crippen LogP contribution in [0.5, 0.6) is 0 Å². The van der Waals surface area contributed by atoms with Gasteiger partial charge in [-0.3, -0.25) is 9.59 Å². The molecule has 3 unspecified atom stereocenters. The van der Waals surface area contributed by atoms with Crippen LogP contribution in [0, 0.1) is 11.8 Å². The van der Waals surface area contributed by atoms with E-state index in [4.69, 9.17) is 5.73 Å². The van der Waals surface area contributed by atoms with Crippen LogP contribution in [0.1, 0.15) is 24.8 Å². The van der Waals surface area contributed by atoms with Crippen molar-refractivity contribution in [2.24, 2.45) is 17.6 Å². The molecule has 0 radical (unpaired) electrons. The Bertz CT molecular complexity index is 752. The molecule has 2 aliphatic rings. The Morgan fingerprint density at radius 1 is 1.21 bits per heavy atom. The Morgan fingerprint density at radius 3 is 2.62 bits per heavy atom. The van der Waals surface area contributed by atoms with E-state index in [-0.39, 0.29) is 23.8 Å². The van der Waals surface area contributed by atoms with E-state index in [2.05, 4.69) is 11.9 Å². The maximum Gasteiger partial charge on any atom is 0.317 e. The number of nitrogens with one attached hydrogen (secondary N) is 1. The molecule has 2 fully saturated rings. The molecule has 7 heteroatoms. The molecule has 0 aromatic heterocycles. The molecular formula is C22H30N4O3. The second-order valence-electron chi connectivity index (χ2n) is 7.92. The number of hydrogen-bond donors (Lipinski definition) is 2. The number of carbonyl (C=O) groups is 3. The van der Waals surface area contributed by atoms with Crippen molar-refractivity contribution in [3.8, 4) is 0 Å². The molecule has 156 valence electrons. The van der Waals surface area contributed by atoms with Gasteiger partial charge in [-0.15, -0.1) is 6.58 Å². The zero-order valence-electron chi connectivity index (χ0n) is 16.8. The highest BCUT2D eigenvalue weighted by atomic mass is 16.2. The van der Waals surface area contributed by atoms with Gasteiger partial charge >= 0.3 is 6.03 Å². The van der Waals surface area contributed by atoms with Crippen LogP contribution in [0.2, 0.25) is 0 Å². The van der Waals surface area contributed by atoms with Crippen molar-refractivity contribution >= 4 is 17.8 Å². The summed E-state index contributed by atoms with van der Waals surface area (Å²) >= 11 is 0. The summed E-state index contributed by atoms with van der Waals surface area (Å²) in [6.45, 7) is 5.82. The number of hydrogen-bond acceptors (Lipinski definition) is 3. The zero-order valence-corrected chi connectivity index (χ0v) is 16.8. The van der Waals surface area contributed by atoms with Gasteiger partial charge in [-0.1, -0.05) is 36.4 Å². The number of amides is 4. The quantitative estimate of drug-likeness (QED) is 0.712. The van der Waals surface area contributed by atoms with Crippen LogP contribution < -0.4 is 11.1 Å². The van der Waals surface area contributed by atoms with Gasteiger partial charge in [0, 0.05) is 39.0 Å². The number of likely N-dealkylation sites (tertiary alicyclic amines) is 2. The van der Waals surface area contributed by atoms with Gasteiger partial charge in [0.25, 0.3) is 0 Å². The van der Waals surface area contributed by atoms with E-state index < -0.39 is 11.9 Å². The molecule has 0 spiro atoms. The van der Waals surface area contributed by atoms with Crippen molar-refractivity contribution in [2.75, 3.05) is 26.2 Å². The fourth-order valence-corrected chi connectivity index (χ4v) is 4.43. The number of carbonyl (C=O) groups excluding carboxylic acids is 3. The van der Waals surface area contributed by atoms with Gasteiger partial charge in [-0.2, -0.15) is 0 Å². The van der Waals surface area contributed by atoms with E-state index in [0.29, 0.717) is 39.0 Å². The summed E-state index contributed by atoms with van der Waals surface area (Å²) in [6, 6.07) is 8.90. The number of rotatable bonds is 6. The summed E-state index contributed by atoms with van der Waals surface area (Å²) in [5, 5.41) is 2.82. The molecule has 2 saturated heterocycles. The second kappa shape index (κ2) is 9.58. The van der Waals surface area contributed by atoms with Crippen molar-refractivity contribution in [1.29, 1.82) is 0 Å². The molecule has 1 aromatic carbocycles.